The van der Waals surface area contributed by atoms with Crippen LogP contribution in [0.25, 0.3) is 0 Å². The number of likely N-dealkylation sites (tertiary alicyclic amines) is 1. The van der Waals surface area contributed by atoms with Crippen LogP contribution < -0.4 is 0 Å². The molecule has 2 fully saturated rings. The van der Waals surface area contributed by atoms with Crippen molar-refractivity contribution in [2.24, 2.45) is 11.8 Å². The van der Waals surface area contributed by atoms with Gasteiger partial charge in [0, 0.05) is 31.3 Å². The third kappa shape index (κ3) is 7.66. The highest BCUT2D eigenvalue weighted by Gasteiger charge is 2.37. The molecule has 1 aliphatic heterocycles. The molecule has 3 rings (SSSR count). The molecule has 9 heteroatoms. The molecule has 1 saturated carbocycles. The smallest absolute Gasteiger partial charge is 0.416 e. The minimum Gasteiger partial charge on any atom is -0.469 e. The number of carbonyl (C=O) groups is 1. The van der Waals surface area contributed by atoms with Crippen molar-refractivity contribution in [3.63, 3.8) is 0 Å². The Kier molecular flexibility index (Phi) is 7.99. The van der Waals surface area contributed by atoms with Crippen molar-refractivity contribution >= 4 is 5.97 Å². The molecule has 2 aliphatic rings. The first kappa shape index (κ1) is 25.4. The van der Waals surface area contributed by atoms with E-state index in [9.17, 15) is 31.1 Å². The lowest BCUT2D eigenvalue weighted by atomic mass is 9.83. The molecule has 0 radical (unpaired) electrons. The minimum absolute atomic E-state index is 0.0827. The molecule has 3 atom stereocenters. The van der Waals surface area contributed by atoms with Crippen molar-refractivity contribution < 1.29 is 35.9 Å². The monoisotopic (exact) mass is 475 g/mol. The number of methoxy groups -OCH3 is 1. The summed E-state index contributed by atoms with van der Waals surface area (Å²) in [6, 6.07) is 3.60. The highest BCUT2D eigenvalue weighted by molar-refractivity contribution is 5.69. The second-order valence-electron chi connectivity index (χ2n) is 8.78. The van der Waals surface area contributed by atoms with E-state index in [1.807, 2.05) is 4.90 Å². The summed E-state index contributed by atoms with van der Waals surface area (Å²) in [6.45, 7) is 0.398. The number of nitrogens with zero attached hydrogens (tertiary/aromatic N) is 1. The number of hydrogen-bond donors (Lipinski definition) is 0. The summed E-state index contributed by atoms with van der Waals surface area (Å²) in [5.41, 5.74) is -0.218. The zero-order valence-electron chi connectivity index (χ0n) is 18.3. The topological polar surface area (TPSA) is 29.5 Å². The third-order valence-electron chi connectivity index (χ3n) is 6.19. The van der Waals surface area contributed by atoms with Gasteiger partial charge in [0.15, 0.2) is 0 Å². The fourth-order valence-corrected chi connectivity index (χ4v) is 4.22. The van der Waals surface area contributed by atoms with Gasteiger partial charge < -0.3 is 4.74 Å². The Labute approximate surface area is 189 Å². The Balaban J connectivity index is 1.88. The van der Waals surface area contributed by atoms with E-state index >= 15 is 0 Å². The van der Waals surface area contributed by atoms with Gasteiger partial charge in [-0.3, -0.25) is 9.69 Å². The minimum atomic E-state index is -4.48. The lowest BCUT2D eigenvalue weighted by Gasteiger charge is -2.42. The molecule has 182 valence electrons. The van der Waals surface area contributed by atoms with Crippen LogP contribution in [0.5, 0.6) is 0 Å². The average molecular weight is 475 g/mol. The summed E-state index contributed by atoms with van der Waals surface area (Å²) in [7, 11) is 1.28. The van der Waals surface area contributed by atoms with Crippen LogP contribution in [0, 0.1) is 23.7 Å². The Morgan fingerprint density at radius 3 is 2.33 bits per heavy atom. The van der Waals surface area contributed by atoms with Crippen LogP contribution in [0.15, 0.2) is 24.3 Å². The first-order valence-corrected chi connectivity index (χ1v) is 11.0. The SMILES string of the molecule is COC(=O)CC1CCN([C@H](C#CC2CC2)CCC(F)(F)F)[C@H](c2ccc(C(F)(F)F)cc2)C1. The van der Waals surface area contributed by atoms with Gasteiger partial charge >= 0.3 is 18.3 Å². The predicted molar refractivity (Wildman–Crippen MR) is 110 cm³/mol. The Morgan fingerprint density at radius 2 is 1.79 bits per heavy atom. The Bertz CT molecular complexity index is 864. The quantitative estimate of drug-likeness (QED) is 0.281. The van der Waals surface area contributed by atoms with Crippen LogP contribution >= 0.6 is 0 Å². The molecule has 0 bridgehead atoms. The second kappa shape index (κ2) is 10.4. The lowest BCUT2D eigenvalue weighted by Crippen LogP contribution is -2.44. The van der Waals surface area contributed by atoms with Crippen LogP contribution in [0.1, 0.15) is 62.1 Å². The van der Waals surface area contributed by atoms with E-state index in [0.29, 0.717) is 24.9 Å². The molecule has 1 aromatic rings. The maximum atomic E-state index is 13.0. The van der Waals surface area contributed by atoms with Crippen molar-refractivity contribution in [2.45, 2.75) is 69.4 Å². The number of carbonyl (C=O) groups excluding carboxylic acids is 1. The zero-order valence-corrected chi connectivity index (χ0v) is 18.3. The number of alkyl halides is 6. The van der Waals surface area contributed by atoms with Gasteiger partial charge in [-0.2, -0.15) is 26.3 Å². The highest BCUT2D eigenvalue weighted by Crippen LogP contribution is 2.40. The van der Waals surface area contributed by atoms with Crippen LogP contribution in [0.3, 0.4) is 0 Å². The van der Waals surface area contributed by atoms with Gasteiger partial charge in [0.1, 0.15) is 0 Å². The van der Waals surface area contributed by atoms with Crippen molar-refractivity contribution in [1.29, 1.82) is 0 Å². The van der Waals surface area contributed by atoms with Crippen molar-refractivity contribution in [2.75, 3.05) is 13.7 Å². The number of rotatable bonds is 6. The maximum absolute atomic E-state index is 13.0. The van der Waals surface area contributed by atoms with E-state index in [-0.39, 0.29) is 30.6 Å². The normalized spacial score (nSPS) is 22.9. The number of ether oxygens (including phenoxy) is 1. The average Bonchev–Trinajstić information content (AvgIpc) is 3.57. The van der Waals surface area contributed by atoms with Crippen LogP contribution in [0.2, 0.25) is 0 Å². The van der Waals surface area contributed by atoms with E-state index in [0.717, 1.165) is 25.0 Å². The molecule has 0 aromatic heterocycles. The van der Waals surface area contributed by atoms with E-state index < -0.39 is 36.4 Å². The van der Waals surface area contributed by atoms with Crippen LogP contribution in [-0.2, 0) is 15.7 Å². The van der Waals surface area contributed by atoms with Gasteiger partial charge in [-0.15, -0.1) is 0 Å². The van der Waals surface area contributed by atoms with Gasteiger partial charge in [0.25, 0.3) is 0 Å². The summed E-state index contributed by atoms with van der Waals surface area (Å²) in [6.07, 6.45) is -6.99. The summed E-state index contributed by atoms with van der Waals surface area (Å²) in [5.74, 6) is 5.83. The Morgan fingerprint density at radius 1 is 1.12 bits per heavy atom. The zero-order chi connectivity index (χ0) is 24.2. The fourth-order valence-electron chi connectivity index (χ4n) is 4.22. The predicted octanol–water partition coefficient (Wildman–Crippen LogP) is 6.15. The molecular formula is C24H27F6NO2. The summed E-state index contributed by atoms with van der Waals surface area (Å²) < 4.78 is 82.8. The third-order valence-corrected chi connectivity index (χ3v) is 6.19. The van der Waals surface area contributed by atoms with Crippen LogP contribution in [0.4, 0.5) is 26.3 Å². The van der Waals surface area contributed by atoms with Gasteiger partial charge in [-0.1, -0.05) is 24.0 Å². The van der Waals surface area contributed by atoms with Gasteiger partial charge in [0.2, 0.25) is 0 Å². The molecule has 3 nitrogen and oxygen atoms in total. The fraction of sp³-hybridized carbons (Fsp3) is 0.625. The van der Waals surface area contributed by atoms with Gasteiger partial charge in [0.05, 0.1) is 18.7 Å². The van der Waals surface area contributed by atoms with Crippen molar-refractivity contribution in [1.82, 2.24) is 4.90 Å². The number of halogens is 6. The first-order valence-electron chi connectivity index (χ1n) is 11.0. The van der Waals surface area contributed by atoms with Gasteiger partial charge in [-0.25, -0.2) is 0 Å². The summed E-state index contributed by atoms with van der Waals surface area (Å²) in [4.78, 5) is 13.7. The van der Waals surface area contributed by atoms with Gasteiger partial charge in [-0.05, 0) is 55.7 Å². The molecular weight excluding hydrogens is 448 g/mol. The van der Waals surface area contributed by atoms with E-state index in [4.69, 9.17) is 4.74 Å². The maximum Gasteiger partial charge on any atom is 0.416 e. The molecule has 33 heavy (non-hydrogen) atoms. The Hall–Kier alpha value is -2.21. The molecule has 0 spiro atoms. The van der Waals surface area contributed by atoms with E-state index in [1.165, 1.54) is 19.2 Å². The summed E-state index contributed by atoms with van der Waals surface area (Å²) >= 11 is 0. The largest absolute Gasteiger partial charge is 0.469 e. The first-order chi connectivity index (χ1) is 15.5. The van der Waals surface area contributed by atoms with Crippen LogP contribution in [-0.4, -0.2) is 36.7 Å². The molecule has 1 aliphatic carbocycles. The van der Waals surface area contributed by atoms with Crippen molar-refractivity contribution in [3.8, 4) is 11.8 Å². The van der Waals surface area contributed by atoms with Crippen molar-refractivity contribution in [3.05, 3.63) is 35.4 Å². The molecule has 1 aromatic carbocycles. The molecule has 0 amide bonds. The second-order valence-corrected chi connectivity index (χ2v) is 8.78. The number of piperidine rings is 1. The lowest BCUT2D eigenvalue weighted by molar-refractivity contribution is -0.143. The van der Waals surface area contributed by atoms with E-state index in [1.54, 1.807) is 0 Å². The molecule has 1 unspecified atom stereocenters. The molecule has 1 saturated heterocycles. The van der Waals surface area contributed by atoms with E-state index in [2.05, 4.69) is 11.8 Å². The number of hydrogen-bond acceptors (Lipinski definition) is 3. The number of benzene rings is 1. The highest BCUT2D eigenvalue weighted by atomic mass is 19.4. The number of esters is 1. The molecule has 1 heterocycles. The molecule has 0 N–H and O–H groups in total. The standard InChI is InChI=1S/C24H27F6NO2/c1-33-22(32)15-17-11-13-31(20(9-4-16-2-3-16)10-12-23(25,26)27)21(14-17)18-5-7-19(8-6-18)24(28,29)30/h5-8,16-17,20-21H,2-3,10-15H2,1H3/t17?,20-,21+/m1/s1. The summed E-state index contributed by atoms with van der Waals surface area (Å²) in [5, 5.41) is 0.